The van der Waals surface area contributed by atoms with Gasteiger partial charge >= 0.3 is 6.16 Å². The maximum atomic E-state index is 12.4. The van der Waals surface area contributed by atoms with Gasteiger partial charge in [-0.1, -0.05) is 67.0 Å². The molecule has 0 N–H and O–H groups in total. The molecule has 3 heteroatoms. The molecule has 0 atom stereocenters. The van der Waals surface area contributed by atoms with Crippen molar-refractivity contribution in [3.05, 3.63) is 28.8 Å². The van der Waals surface area contributed by atoms with E-state index in [1.54, 1.807) is 0 Å². The van der Waals surface area contributed by atoms with E-state index in [0.717, 1.165) is 30.4 Å². The van der Waals surface area contributed by atoms with Gasteiger partial charge in [0.05, 0.1) is 0 Å². The fraction of sp³-hybridized carbons (Fsp3) is 0.696. The fourth-order valence-electron chi connectivity index (χ4n) is 2.79. The molecule has 0 fully saturated rings. The Morgan fingerprint density at radius 3 is 1.69 bits per heavy atom. The Hall–Kier alpha value is -1.51. The summed E-state index contributed by atoms with van der Waals surface area (Å²) >= 11 is 0. The maximum Gasteiger partial charge on any atom is 0.514 e. The number of aryl methyl sites for hydroxylation is 1. The molecule has 3 nitrogen and oxygen atoms in total. The van der Waals surface area contributed by atoms with Gasteiger partial charge in [0.15, 0.2) is 0 Å². The average Bonchev–Trinajstić information content (AvgIpc) is 2.41. The Kier molecular flexibility index (Phi) is 6.95. The van der Waals surface area contributed by atoms with E-state index >= 15 is 0 Å². The summed E-state index contributed by atoms with van der Waals surface area (Å²) in [4.78, 5) is 12.4. The van der Waals surface area contributed by atoms with Gasteiger partial charge in [-0.05, 0) is 50.0 Å². The first kappa shape index (κ1) is 22.5. The second kappa shape index (κ2) is 8.02. The van der Waals surface area contributed by atoms with Crippen LogP contribution in [0.2, 0.25) is 0 Å². The predicted octanol–water partition coefficient (Wildman–Crippen LogP) is 6.94. The second-order valence-corrected chi connectivity index (χ2v) is 10.2. The van der Waals surface area contributed by atoms with Crippen molar-refractivity contribution in [3.8, 4) is 5.75 Å². The Labute approximate surface area is 160 Å². The lowest BCUT2D eigenvalue weighted by Gasteiger charge is -2.30. The van der Waals surface area contributed by atoms with Gasteiger partial charge in [-0.3, -0.25) is 0 Å². The highest BCUT2D eigenvalue weighted by atomic mass is 16.7. The van der Waals surface area contributed by atoms with Crippen molar-refractivity contribution >= 4 is 6.16 Å². The molecule has 1 aromatic carbocycles. The number of hydrogen-bond acceptors (Lipinski definition) is 3. The summed E-state index contributed by atoms with van der Waals surface area (Å²) in [5, 5.41) is 0. The topological polar surface area (TPSA) is 35.5 Å². The molecular weight excluding hydrogens is 324 g/mol. The van der Waals surface area contributed by atoms with Crippen LogP contribution in [0, 0.1) is 0 Å². The molecule has 0 spiro atoms. The summed E-state index contributed by atoms with van der Waals surface area (Å²) < 4.78 is 11.2. The van der Waals surface area contributed by atoms with Gasteiger partial charge in [0.2, 0.25) is 0 Å². The first-order chi connectivity index (χ1) is 11.6. The number of benzene rings is 1. The number of ether oxygens (including phenoxy) is 2. The molecule has 26 heavy (non-hydrogen) atoms. The first-order valence-corrected chi connectivity index (χ1v) is 9.74. The highest BCUT2D eigenvalue weighted by molar-refractivity contribution is 5.67. The van der Waals surface area contributed by atoms with E-state index in [1.807, 2.05) is 20.8 Å². The van der Waals surface area contributed by atoms with Gasteiger partial charge in [0.1, 0.15) is 11.4 Å². The molecule has 1 rings (SSSR count). The summed E-state index contributed by atoms with van der Waals surface area (Å²) in [6, 6.07) is 4.40. The second-order valence-electron chi connectivity index (χ2n) is 10.2. The molecule has 0 heterocycles. The number of hydrogen-bond donors (Lipinski definition) is 0. The van der Waals surface area contributed by atoms with Crippen molar-refractivity contribution in [2.75, 3.05) is 0 Å². The molecule has 0 bridgehead atoms. The molecule has 0 radical (unpaired) electrons. The van der Waals surface area contributed by atoms with E-state index in [4.69, 9.17) is 9.47 Å². The molecule has 0 amide bonds. The monoisotopic (exact) mass is 362 g/mol. The Balaban J connectivity index is 3.50. The molecule has 0 aliphatic heterocycles. The summed E-state index contributed by atoms with van der Waals surface area (Å²) in [6.45, 7) is 20.7. The fourth-order valence-corrected chi connectivity index (χ4v) is 2.79. The lowest BCUT2D eigenvalue weighted by Crippen LogP contribution is -2.28. The molecule has 0 aliphatic carbocycles. The van der Waals surface area contributed by atoms with E-state index in [1.165, 1.54) is 5.56 Å². The predicted molar refractivity (Wildman–Crippen MR) is 109 cm³/mol. The molecule has 0 aromatic heterocycles. The highest BCUT2D eigenvalue weighted by Crippen LogP contribution is 2.41. The Morgan fingerprint density at radius 2 is 1.35 bits per heavy atom. The van der Waals surface area contributed by atoms with Gasteiger partial charge in [0.25, 0.3) is 0 Å². The van der Waals surface area contributed by atoms with E-state index < -0.39 is 11.8 Å². The Bertz CT molecular complexity index is 587. The van der Waals surface area contributed by atoms with Crippen LogP contribution in [-0.2, 0) is 22.0 Å². The minimum absolute atomic E-state index is 0.139. The molecule has 148 valence electrons. The average molecular weight is 363 g/mol. The van der Waals surface area contributed by atoms with Crippen molar-refractivity contribution < 1.29 is 14.3 Å². The third-order valence-corrected chi connectivity index (χ3v) is 4.16. The Morgan fingerprint density at radius 1 is 0.885 bits per heavy atom. The van der Waals surface area contributed by atoms with E-state index in [2.05, 4.69) is 60.6 Å². The number of rotatable bonds is 4. The van der Waals surface area contributed by atoms with Gasteiger partial charge in [-0.2, -0.15) is 0 Å². The van der Waals surface area contributed by atoms with Crippen molar-refractivity contribution in [3.63, 3.8) is 0 Å². The van der Waals surface area contributed by atoms with E-state index in [9.17, 15) is 4.79 Å². The normalized spacial score (nSPS) is 12.8. The zero-order chi connectivity index (χ0) is 20.3. The zero-order valence-corrected chi connectivity index (χ0v) is 18.5. The van der Waals surface area contributed by atoms with Crippen molar-refractivity contribution in [1.29, 1.82) is 0 Å². The summed E-state index contributed by atoms with van der Waals surface area (Å²) in [7, 11) is 0. The van der Waals surface area contributed by atoms with Crippen LogP contribution in [0.5, 0.6) is 5.75 Å². The third kappa shape index (κ3) is 6.66. The van der Waals surface area contributed by atoms with Gasteiger partial charge in [0, 0.05) is 11.1 Å². The molecule has 0 aliphatic rings. The smallest absolute Gasteiger partial charge is 0.428 e. The van der Waals surface area contributed by atoms with Crippen LogP contribution in [0.15, 0.2) is 12.1 Å². The lowest BCUT2D eigenvalue weighted by atomic mass is 9.78. The lowest BCUT2D eigenvalue weighted by molar-refractivity contribution is 0.0199. The quantitative estimate of drug-likeness (QED) is 0.430. The molecule has 0 saturated heterocycles. The van der Waals surface area contributed by atoms with Crippen LogP contribution < -0.4 is 4.74 Å². The van der Waals surface area contributed by atoms with Crippen molar-refractivity contribution in [2.45, 2.75) is 105 Å². The zero-order valence-electron chi connectivity index (χ0n) is 18.5. The minimum Gasteiger partial charge on any atom is -0.428 e. The van der Waals surface area contributed by atoms with Crippen molar-refractivity contribution in [1.82, 2.24) is 0 Å². The number of carbonyl (C=O) groups is 1. The molecule has 0 saturated carbocycles. The molecule has 1 aromatic rings. The van der Waals surface area contributed by atoms with Gasteiger partial charge < -0.3 is 9.47 Å². The molecule has 0 unspecified atom stereocenters. The van der Waals surface area contributed by atoms with Crippen LogP contribution in [0.1, 0.15) is 98.8 Å². The SMILES string of the molecule is CCCCc1cc(C(C)(C)C)c(OC(=O)OC(C)(C)C)c(C(C)(C)C)c1. The third-order valence-electron chi connectivity index (χ3n) is 4.16. The van der Waals surface area contributed by atoms with Crippen LogP contribution in [0.25, 0.3) is 0 Å². The standard InChI is InChI=1S/C23H38O3/c1-11-12-13-16-14-17(21(2,3)4)19(18(15-16)22(5,6)7)25-20(24)26-23(8,9)10/h14-15H,11-13H2,1-10H3. The van der Waals surface area contributed by atoms with Gasteiger partial charge in [-0.15, -0.1) is 0 Å². The maximum absolute atomic E-state index is 12.4. The summed E-state index contributed by atoms with van der Waals surface area (Å²) in [5.41, 5.74) is 2.56. The van der Waals surface area contributed by atoms with E-state index in [0.29, 0.717) is 5.75 Å². The highest BCUT2D eigenvalue weighted by Gasteiger charge is 2.30. The van der Waals surface area contributed by atoms with Crippen molar-refractivity contribution in [2.24, 2.45) is 0 Å². The molecular formula is C23H38O3. The van der Waals surface area contributed by atoms with Crippen LogP contribution >= 0.6 is 0 Å². The number of carbonyl (C=O) groups excluding carboxylic acids is 1. The summed E-state index contributed by atoms with van der Waals surface area (Å²) in [6.07, 6.45) is 2.70. The van der Waals surface area contributed by atoms with Crippen LogP contribution in [0.3, 0.4) is 0 Å². The minimum atomic E-state index is -0.644. The number of unbranched alkanes of at least 4 members (excludes halogenated alkanes) is 1. The van der Waals surface area contributed by atoms with Crippen LogP contribution in [0.4, 0.5) is 4.79 Å². The first-order valence-electron chi connectivity index (χ1n) is 9.74. The van der Waals surface area contributed by atoms with Gasteiger partial charge in [-0.25, -0.2) is 4.79 Å². The largest absolute Gasteiger partial charge is 0.514 e. The summed E-state index contributed by atoms with van der Waals surface area (Å²) in [5.74, 6) is 0.652. The van der Waals surface area contributed by atoms with Crippen LogP contribution in [-0.4, -0.2) is 11.8 Å². The van der Waals surface area contributed by atoms with E-state index in [-0.39, 0.29) is 10.8 Å².